The van der Waals surface area contributed by atoms with E-state index in [1.807, 2.05) is 37.2 Å². The number of benzene rings is 1. The van der Waals surface area contributed by atoms with Gasteiger partial charge in [0.05, 0.1) is 5.54 Å². The van der Waals surface area contributed by atoms with Crippen LogP contribution in [0.1, 0.15) is 32.8 Å². The molecule has 1 aliphatic rings. The Kier molecular flexibility index (Phi) is 4.98. The Morgan fingerprint density at radius 1 is 1.17 bits per heavy atom. The smallest absolute Gasteiger partial charge is 0.250 e. The zero-order valence-corrected chi connectivity index (χ0v) is 17.1. The summed E-state index contributed by atoms with van der Waals surface area (Å²) in [5.41, 5.74) is 7.19. The lowest BCUT2D eigenvalue weighted by molar-refractivity contribution is 0.490. The summed E-state index contributed by atoms with van der Waals surface area (Å²) in [6.07, 6.45) is 4.47. The van der Waals surface area contributed by atoms with Crippen LogP contribution in [0.2, 0.25) is 18.1 Å². The van der Waals surface area contributed by atoms with E-state index >= 15 is 0 Å². The number of hydrogen-bond donors (Lipinski definition) is 1. The second-order valence-electron chi connectivity index (χ2n) is 8.36. The van der Waals surface area contributed by atoms with Gasteiger partial charge in [0.25, 0.3) is 0 Å². The third-order valence-electron chi connectivity index (χ3n) is 5.13. The molecular formula is C19H31N3OSi. The van der Waals surface area contributed by atoms with Gasteiger partial charge in [-0.1, -0.05) is 32.9 Å². The standard InChI is InChI=1S/C19H31N3OSi/c1-18(2,3)24(6,7)23-16-10-8-15(9-11-16)19(20)12-13-21-17(14-19)22(4)5/h8-13H,14,20H2,1-7H3. The monoisotopic (exact) mass is 345 g/mol. The highest BCUT2D eigenvalue weighted by molar-refractivity contribution is 6.74. The Morgan fingerprint density at radius 2 is 1.75 bits per heavy atom. The lowest BCUT2D eigenvalue weighted by atomic mass is 9.86. The van der Waals surface area contributed by atoms with Gasteiger partial charge in [0.15, 0.2) is 0 Å². The highest BCUT2D eigenvalue weighted by Gasteiger charge is 2.39. The van der Waals surface area contributed by atoms with E-state index in [1.54, 1.807) is 6.20 Å². The fourth-order valence-electron chi connectivity index (χ4n) is 2.38. The molecule has 2 N–H and O–H groups in total. The average Bonchev–Trinajstić information content (AvgIpc) is 2.46. The summed E-state index contributed by atoms with van der Waals surface area (Å²) in [7, 11) is 2.17. The van der Waals surface area contributed by atoms with Crippen LogP contribution in [0, 0.1) is 0 Å². The number of nitrogens with zero attached hydrogens (tertiary/aromatic N) is 2. The van der Waals surface area contributed by atoms with Crippen molar-refractivity contribution in [2.24, 2.45) is 10.7 Å². The third kappa shape index (κ3) is 3.90. The van der Waals surface area contributed by atoms with Gasteiger partial charge in [-0.25, -0.2) is 4.99 Å². The molecule has 0 amide bonds. The molecule has 0 aromatic heterocycles. The lowest BCUT2D eigenvalue weighted by Crippen LogP contribution is -2.44. The van der Waals surface area contributed by atoms with E-state index in [4.69, 9.17) is 10.2 Å². The molecule has 132 valence electrons. The summed E-state index contributed by atoms with van der Waals surface area (Å²) in [5, 5.41) is 0.184. The highest BCUT2D eigenvalue weighted by Crippen LogP contribution is 2.38. The molecule has 2 rings (SSSR count). The normalized spacial score (nSPS) is 21.4. The van der Waals surface area contributed by atoms with E-state index in [-0.39, 0.29) is 5.04 Å². The first-order valence-electron chi connectivity index (χ1n) is 8.45. The first-order valence-corrected chi connectivity index (χ1v) is 11.4. The molecule has 1 heterocycles. The average molecular weight is 346 g/mol. The molecule has 0 aliphatic carbocycles. The van der Waals surface area contributed by atoms with Gasteiger partial charge in [0, 0.05) is 26.7 Å². The predicted molar refractivity (Wildman–Crippen MR) is 105 cm³/mol. The number of hydrogen-bond acceptors (Lipinski definition) is 4. The van der Waals surface area contributed by atoms with Crippen molar-refractivity contribution in [1.29, 1.82) is 0 Å². The van der Waals surface area contributed by atoms with Crippen molar-refractivity contribution in [2.45, 2.75) is 50.9 Å². The molecule has 24 heavy (non-hydrogen) atoms. The van der Waals surface area contributed by atoms with Crippen LogP contribution in [0.3, 0.4) is 0 Å². The van der Waals surface area contributed by atoms with E-state index < -0.39 is 13.9 Å². The van der Waals surface area contributed by atoms with E-state index in [1.165, 1.54) is 0 Å². The van der Waals surface area contributed by atoms with Gasteiger partial charge in [-0.15, -0.1) is 0 Å². The van der Waals surface area contributed by atoms with Crippen molar-refractivity contribution in [2.75, 3.05) is 14.1 Å². The largest absolute Gasteiger partial charge is 0.544 e. The minimum absolute atomic E-state index is 0.184. The number of amidine groups is 1. The summed E-state index contributed by atoms with van der Waals surface area (Å²) in [6, 6.07) is 8.23. The molecule has 1 atom stereocenters. The van der Waals surface area contributed by atoms with Crippen LogP contribution in [0.4, 0.5) is 0 Å². The summed E-state index contributed by atoms with van der Waals surface area (Å²) < 4.78 is 6.35. The van der Waals surface area contributed by atoms with Gasteiger partial charge < -0.3 is 15.1 Å². The van der Waals surface area contributed by atoms with Crippen LogP contribution in [0.5, 0.6) is 5.75 Å². The van der Waals surface area contributed by atoms with Crippen molar-refractivity contribution in [3.63, 3.8) is 0 Å². The number of nitrogens with two attached hydrogens (primary N) is 1. The molecule has 1 unspecified atom stereocenters. The van der Waals surface area contributed by atoms with E-state index in [9.17, 15) is 0 Å². The van der Waals surface area contributed by atoms with Crippen LogP contribution in [-0.2, 0) is 5.54 Å². The van der Waals surface area contributed by atoms with Crippen molar-refractivity contribution in [3.05, 3.63) is 42.1 Å². The maximum Gasteiger partial charge on any atom is 0.250 e. The molecule has 0 saturated carbocycles. The van der Waals surface area contributed by atoms with Gasteiger partial charge >= 0.3 is 0 Å². The molecule has 1 aromatic rings. The molecule has 1 aromatic carbocycles. The Labute approximate surface area is 147 Å². The van der Waals surface area contributed by atoms with Crippen molar-refractivity contribution in [1.82, 2.24) is 4.90 Å². The second-order valence-corrected chi connectivity index (χ2v) is 13.1. The second kappa shape index (κ2) is 6.37. The van der Waals surface area contributed by atoms with Crippen LogP contribution < -0.4 is 10.2 Å². The predicted octanol–water partition coefficient (Wildman–Crippen LogP) is 4.10. The van der Waals surface area contributed by atoms with Gasteiger partial charge in [-0.3, -0.25) is 0 Å². The minimum atomic E-state index is -1.82. The SMILES string of the molecule is CN(C)C1=NC=CC(N)(c2ccc(O[Si](C)(C)C(C)(C)C)cc2)C1. The summed E-state index contributed by atoms with van der Waals surface area (Å²) in [5.74, 6) is 1.91. The third-order valence-corrected chi connectivity index (χ3v) is 9.49. The Balaban J connectivity index is 2.19. The molecule has 0 saturated heterocycles. The highest BCUT2D eigenvalue weighted by atomic mass is 28.4. The van der Waals surface area contributed by atoms with Crippen LogP contribution in [0.15, 0.2) is 41.5 Å². The zero-order valence-electron chi connectivity index (χ0n) is 16.1. The maximum absolute atomic E-state index is 6.63. The molecule has 0 bridgehead atoms. The van der Waals surface area contributed by atoms with Crippen LogP contribution >= 0.6 is 0 Å². The van der Waals surface area contributed by atoms with Gasteiger partial charge in [-0.2, -0.15) is 0 Å². The minimum Gasteiger partial charge on any atom is -0.544 e. The first kappa shape index (κ1) is 18.7. The Morgan fingerprint density at radius 3 is 2.25 bits per heavy atom. The lowest BCUT2D eigenvalue weighted by Gasteiger charge is -2.36. The Hall–Kier alpha value is -1.59. The molecular weight excluding hydrogens is 314 g/mol. The van der Waals surface area contributed by atoms with Gasteiger partial charge in [0.2, 0.25) is 8.32 Å². The molecule has 4 nitrogen and oxygen atoms in total. The fourth-order valence-corrected chi connectivity index (χ4v) is 3.41. The Bertz CT molecular complexity index is 642. The van der Waals surface area contributed by atoms with E-state index in [0.29, 0.717) is 6.42 Å². The molecule has 0 radical (unpaired) electrons. The fraction of sp³-hybridized carbons (Fsp3) is 0.526. The summed E-state index contributed by atoms with van der Waals surface area (Å²) in [6.45, 7) is 11.3. The number of aliphatic imine (C=N–C) groups is 1. The van der Waals surface area contributed by atoms with Crippen LogP contribution in [-0.4, -0.2) is 33.1 Å². The van der Waals surface area contributed by atoms with E-state index in [2.05, 4.69) is 51.0 Å². The zero-order chi connectivity index (χ0) is 18.2. The van der Waals surface area contributed by atoms with Crippen molar-refractivity contribution in [3.8, 4) is 5.75 Å². The van der Waals surface area contributed by atoms with Gasteiger partial charge in [-0.05, 0) is 41.9 Å². The van der Waals surface area contributed by atoms with Gasteiger partial charge in [0.1, 0.15) is 11.6 Å². The molecule has 1 aliphatic heterocycles. The van der Waals surface area contributed by atoms with Crippen molar-refractivity contribution >= 4 is 14.2 Å². The maximum atomic E-state index is 6.63. The summed E-state index contributed by atoms with van der Waals surface area (Å²) in [4.78, 5) is 6.42. The molecule has 0 spiro atoms. The number of rotatable bonds is 3. The quantitative estimate of drug-likeness (QED) is 0.839. The van der Waals surface area contributed by atoms with E-state index in [0.717, 1.165) is 17.1 Å². The topological polar surface area (TPSA) is 50.8 Å². The first-order chi connectivity index (χ1) is 10.9. The summed E-state index contributed by atoms with van der Waals surface area (Å²) >= 11 is 0. The van der Waals surface area contributed by atoms with Crippen LogP contribution in [0.25, 0.3) is 0 Å². The molecule has 5 heteroatoms. The molecule has 0 fully saturated rings. The van der Waals surface area contributed by atoms with Crippen molar-refractivity contribution < 1.29 is 4.43 Å².